The van der Waals surface area contributed by atoms with Crippen molar-refractivity contribution in [2.24, 2.45) is 0 Å². The van der Waals surface area contributed by atoms with Crippen LogP contribution in [0.4, 0.5) is 14.6 Å². The fraction of sp³-hybridized carbons (Fsp3) is 0.400. The van der Waals surface area contributed by atoms with Crippen LogP contribution >= 0.6 is 0 Å². The van der Waals surface area contributed by atoms with E-state index in [9.17, 15) is 4.79 Å². The van der Waals surface area contributed by atoms with Gasteiger partial charge in [-0.3, -0.25) is 20.1 Å². The summed E-state index contributed by atoms with van der Waals surface area (Å²) in [6, 6.07) is 10.0. The zero-order chi connectivity index (χ0) is 32.7. The van der Waals surface area contributed by atoms with Gasteiger partial charge in [-0.1, -0.05) is 30.3 Å². The number of nitrogens with zero attached hydrogens (tertiary/aromatic N) is 6. The van der Waals surface area contributed by atoms with Crippen LogP contribution in [0.5, 0.6) is 6.01 Å². The van der Waals surface area contributed by atoms with Crippen LogP contribution in [-0.4, -0.2) is 95.3 Å². The van der Waals surface area contributed by atoms with E-state index < -0.39 is 17.5 Å². The van der Waals surface area contributed by atoms with E-state index in [4.69, 9.17) is 15.1 Å². The van der Waals surface area contributed by atoms with Crippen LogP contribution in [0.3, 0.4) is 0 Å². The molecule has 2 aromatic heterocycles. The van der Waals surface area contributed by atoms with Crippen LogP contribution in [-0.2, 0) is 4.79 Å². The van der Waals surface area contributed by atoms with Gasteiger partial charge in [-0.25, -0.2) is 8.78 Å². The predicted octanol–water partition coefficient (Wildman–Crippen LogP) is 4.92. The Hall–Kier alpha value is -4.71. The van der Waals surface area contributed by atoms with Gasteiger partial charge in [-0.15, -0.1) is 0 Å². The van der Waals surface area contributed by atoms with Crippen molar-refractivity contribution >= 4 is 39.1 Å². The number of hydrogen-bond donors (Lipinski definition) is 2. The minimum absolute atomic E-state index is 0.00563. The monoisotopic (exact) mass is 640 g/mol. The lowest BCUT2D eigenvalue weighted by molar-refractivity contribution is -0.121. The fourth-order valence-corrected chi connectivity index (χ4v) is 7.28. The van der Waals surface area contributed by atoms with Gasteiger partial charge < -0.3 is 19.9 Å². The molecule has 2 N–H and O–H groups in total. The SMILES string of the molecule is CN(C)C(=O)C(=N)/C=C1/CN(c2nc(OCC34CCCN3CCC4)nc3c(F)c(-c4cccc5cccc(F)c45)ncc23)CCCN1. The van der Waals surface area contributed by atoms with E-state index in [2.05, 4.69) is 20.2 Å². The second-order valence-corrected chi connectivity index (χ2v) is 12.8. The summed E-state index contributed by atoms with van der Waals surface area (Å²) < 4.78 is 38.2. The Bertz CT molecular complexity index is 1900. The number of fused-ring (bicyclic) bond motifs is 3. The molecule has 0 atom stereocenters. The number of carbonyl (C=O) groups is 1. The molecule has 3 fully saturated rings. The lowest BCUT2D eigenvalue weighted by Crippen LogP contribution is -2.43. The van der Waals surface area contributed by atoms with E-state index in [1.807, 2.05) is 4.90 Å². The Balaban J connectivity index is 1.33. The van der Waals surface area contributed by atoms with Gasteiger partial charge in [-0.2, -0.15) is 9.97 Å². The fourth-order valence-electron chi connectivity index (χ4n) is 7.28. The molecule has 2 aromatic carbocycles. The summed E-state index contributed by atoms with van der Waals surface area (Å²) in [6.07, 6.45) is 8.09. The first-order valence-corrected chi connectivity index (χ1v) is 16.2. The summed E-state index contributed by atoms with van der Waals surface area (Å²) in [4.78, 5) is 32.2. The van der Waals surface area contributed by atoms with Crippen molar-refractivity contribution in [3.05, 3.63) is 66.0 Å². The summed E-state index contributed by atoms with van der Waals surface area (Å²) in [5.74, 6) is -1.11. The Labute approximate surface area is 271 Å². The molecule has 0 bridgehead atoms. The molecule has 10 nitrogen and oxygen atoms in total. The molecule has 3 aliphatic heterocycles. The van der Waals surface area contributed by atoms with Gasteiger partial charge in [0.2, 0.25) is 0 Å². The maximum Gasteiger partial charge on any atom is 0.319 e. The van der Waals surface area contributed by atoms with Crippen molar-refractivity contribution < 1.29 is 18.3 Å². The molecule has 3 aliphatic rings. The van der Waals surface area contributed by atoms with E-state index in [0.717, 1.165) is 45.2 Å². The highest BCUT2D eigenvalue weighted by Gasteiger charge is 2.45. The van der Waals surface area contributed by atoms with Crippen LogP contribution in [0, 0.1) is 17.0 Å². The van der Waals surface area contributed by atoms with Crippen LogP contribution in [0.15, 0.2) is 54.4 Å². The van der Waals surface area contributed by atoms with E-state index in [-0.39, 0.29) is 33.9 Å². The molecule has 4 aromatic rings. The highest BCUT2D eigenvalue weighted by molar-refractivity contribution is 6.42. The lowest BCUT2D eigenvalue weighted by atomic mass is 9.95. The highest BCUT2D eigenvalue weighted by Crippen LogP contribution is 2.40. The number of ether oxygens (including phenoxy) is 1. The van der Waals surface area contributed by atoms with E-state index in [1.165, 1.54) is 17.0 Å². The predicted molar refractivity (Wildman–Crippen MR) is 178 cm³/mol. The number of carbonyl (C=O) groups excluding carboxylic acids is 1. The maximum absolute atomic E-state index is 16.7. The van der Waals surface area contributed by atoms with Gasteiger partial charge in [0.25, 0.3) is 5.91 Å². The average molecular weight is 641 g/mol. The van der Waals surface area contributed by atoms with Gasteiger partial charge in [0, 0.05) is 50.0 Å². The molecule has 1 amide bonds. The number of hydrogen-bond acceptors (Lipinski definition) is 9. The lowest BCUT2D eigenvalue weighted by Gasteiger charge is -2.31. The number of benzene rings is 2. The molecule has 47 heavy (non-hydrogen) atoms. The molecule has 12 heteroatoms. The number of amides is 1. The summed E-state index contributed by atoms with van der Waals surface area (Å²) in [5.41, 5.74) is 0.820. The molecule has 7 rings (SSSR count). The quantitative estimate of drug-likeness (QED) is 0.274. The molecule has 0 saturated carbocycles. The topological polar surface area (TPSA) is 111 Å². The van der Waals surface area contributed by atoms with Crippen LogP contribution in [0.2, 0.25) is 0 Å². The van der Waals surface area contributed by atoms with Crippen molar-refractivity contribution in [1.29, 1.82) is 5.41 Å². The zero-order valence-corrected chi connectivity index (χ0v) is 26.7. The normalized spacial score (nSPS) is 18.7. The number of anilines is 1. The van der Waals surface area contributed by atoms with Crippen molar-refractivity contribution in [2.75, 3.05) is 58.3 Å². The molecule has 0 spiro atoms. The summed E-state index contributed by atoms with van der Waals surface area (Å²) >= 11 is 0. The van der Waals surface area contributed by atoms with Gasteiger partial charge >= 0.3 is 6.01 Å². The second kappa shape index (κ2) is 12.5. The number of pyridine rings is 1. The zero-order valence-electron chi connectivity index (χ0n) is 26.7. The van der Waals surface area contributed by atoms with Crippen molar-refractivity contribution in [3.8, 4) is 17.3 Å². The van der Waals surface area contributed by atoms with Crippen molar-refractivity contribution in [2.45, 2.75) is 37.6 Å². The smallest absolute Gasteiger partial charge is 0.319 e. The first-order chi connectivity index (χ1) is 22.7. The Morgan fingerprint density at radius 2 is 1.85 bits per heavy atom. The molecule has 0 aliphatic carbocycles. The standard InChI is InChI=1S/C35H38F2N8O2/c1-43(2)33(46)27(38)18-23-20-44(15-7-14-39-23)32-25-19-40-30(24-10-3-8-22-9-4-11-26(36)28(22)24)29(37)31(25)41-34(42-32)47-21-35-12-5-16-45(35)17-6-13-35/h3-4,8-11,18-19,38-39H,5-7,12-17,20-21H2,1-2H3/b23-18-,38-27?. The first-order valence-electron chi connectivity index (χ1n) is 16.2. The van der Waals surface area contributed by atoms with Crippen molar-refractivity contribution in [3.63, 3.8) is 0 Å². The van der Waals surface area contributed by atoms with Crippen LogP contribution < -0.4 is 15.0 Å². The third-order valence-electron chi connectivity index (χ3n) is 9.61. The van der Waals surface area contributed by atoms with Crippen LogP contribution in [0.1, 0.15) is 32.1 Å². The number of aromatic nitrogens is 3. The average Bonchev–Trinajstić information content (AvgIpc) is 3.57. The molecular weight excluding hydrogens is 602 g/mol. The molecule has 3 saturated heterocycles. The van der Waals surface area contributed by atoms with Gasteiger partial charge in [-0.05, 0) is 62.7 Å². The number of nitrogens with one attached hydrogen (secondary N) is 2. The van der Waals surface area contributed by atoms with Crippen LogP contribution in [0.25, 0.3) is 32.9 Å². The van der Waals surface area contributed by atoms with E-state index >= 15 is 8.78 Å². The second-order valence-electron chi connectivity index (χ2n) is 12.8. The molecule has 0 radical (unpaired) electrons. The highest BCUT2D eigenvalue weighted by atomic mass is 19.1. The minimum atomic E-state index is -0.685. The van der Waals surface area contributed by atoms with E-state index in [1.54, 1.807) is 50.6 Å². The van der Waals surface area contributed by atoms with E-state index in [0.29, 0.717) is 54.1 Å². The van der Waals surface area contributed by atoms with Crippen molar-refractivity contribution in [1.82, 2.24) is 30.1 Å². The van der Waals surface area contributed by atoms with Gasteiger partial charge in [0.05, 0.1) is 17.5 Å². The summed E-state index contributed by atoms with van der Waals surface area (Å²) in [6.45, 7) is 3.98. The Morgan fingerprint density at radius 3 is 2.62 bits per heavy atom. The Morgan fingerprint density at radius 1 is 1.09 bits per heavy atom. The molecular formula is C35H38F2N8O2. The maximum atomic E-state index is 16.7. The molecule has 0 unspecified atom stereocenters. The Kier molecular flexibility index (Phi) is 8.21. The number of halogens is 2. The van der Waals surface area contributed by atoms with Gasteiger partial charge in [0.15, 0.2) is 5.82 Å². The molecule has 5 heterocycles. The third-order valence-corrected chi connectivity index (χ3v) is 9.61. The summed E-state index contributed by atoms with van der Waals surface area (Å²) in [5, 5.41) is 12.9. The minimum Gasteiger partial charge on any atom is -0.461 e. The largest absolute Gasteiger partial charge is 0.461 e. The molecule has 244 valence electrons. The third kappa shape index (κ3) is 5.75. The van der Waals surface area contributed by atoms with Gasteiger partial charge in [0.1, 0.15) is 35.2 Å². The number of rotatable bonds is 7. The first kappa shape index (κ1) is 30.9. The summed E-state index contributed by atoms with van der Waals surface area (Å²) in [7, 11) is 3.21.